The molecule has 9 heteroatoms. The summed E-state index contributed by atoms with van der Waals surface area (Å²) in [6.45, 7) is 4.94. The van der Waals surface area contributed by atoms with Gasteiger partial charge in [-0.15, -0.1) is 0 Å². The van der Waals surface area contributed by atoms with E-state index < -0.39 is 10.0 Å². The predicted molar refractivity (Wildman–Crippen MR) is 124 cm³/mol. The van der Waals surface area contributed by atoms with Crippen molar-refractivity contribution in [2.24, 2.45) is 0 Å². The third-order valence-corrected chi connectivity index (χ3v) is 7.85. The van der Waals surface area contributed by atoms with E-state index in [-0.39, 0.29) is 5.92 Å². The summed E-state index contributed by atoms with van der Waals surface area (Å²) in [4.78, 5) is 4.87. The average Bonchev–Trinajstić information content (AvgIpc) is 3.34. The summed E-state index contributed by atoms with van der Waals surface area (Å²) in [6, 6.07) is 12.5. The maximum absolute atomic E-state index is 13.2. The van der Waals surface area contributed by atoms with E-state index in [1.807, 2.05) is 12.1 Å². The molecule has 176 valence electrons. The molecular weight excluding hydrogens is 442 g/mol. The molecule has 0 bridgehead atoms. The number of nitrogens with zero attached hydrogens (tertiary/aromatic N) is 3. The van der Waals surface area contributed by atoms with Gasteiger partial charge in [0.15, 0.2) is 0 Å². The van der Waals surface area contributed by atoms with Gasteiger partial charge in [-0.3, -0.25) is 0 Å². The molecule has 1 aromatic heterocycles. The van der Waals surface area contributed by atoms with Crippen molar-refractivity contribution in [1.29, 1.82) is 0 Å². The summed E-state index contributed by atoms with van der Waals surface area (Å²) in [5.74, 6) is 2.26. The average molecular weight is 472 g/mol. The minimum absolute atomic E-state index is 0.169. The number of benzene rings is 2. The first kappa shape index (κ1) is 23.3. The summed E-state index contributed by atoms with van der Waals surface area (Å²) in [5.41, 5.74) is 1.81. The lowest BCUT2D eigenvalue weighted by Crippen LogP contribution is -2.39. The SMILES string of the molecule is COc1cc(OC)cc(-c2noc(C3CCCN(S(=O)(=O)c4ccc(C(C)C)cc4)C3)n2)c1. The number of hydrogen-bond acceptors (Lipinski definition) is 7. The van der Waals surface area contributed by atoms with Gasteiger partial charge < -0.3 is 14.0 Å². The lowest BCUT2D eigenvalue weighted by atomic mass is 10.00. The molecule has 0 saturated carbocycles. The first-order valence-corrected chi connectivity index (χ1v) is 12.4. The largest absolute Gasteiger partial charge is 0.497 e. The highest BCUT2D eigenvalue weighted by Crippen LogP contribution is 2.33. The van der Waals surface area contributed by atoms with E-state index in [0.29, 0.717) is 52.7 Å². The van der Waals surface area contributed by atoms with Crippen LogP contribution in [0.2, 0.25) is 0 Å². The summed E-state index contributed by atoms with van der Waals surface area (Å²) in [7, 11) is -0.444. The van der Waals surface area contributed by atoms with Crippen LogP contribution in [0.5, 0.6) is 11.5 Å². The Labute approximate surface area is 194 Å². The number of rotatable bonds is 7. The Hall–Kier alpha value is -2.91. The fourth-order valence-electron chi connectivity index (χ4n) is 3.99. The Morgan fingerprint density at radius 1 is 1.06 bits per heavy atom. The number of sulfonamides is 1. The van der Waals surface area contributed by atoms with Crippen LogP contribution in [-0.2, 0) is 10.0 Å². The van der Waals surface area contributed by atoms with Crippen molar-refractivity contribution in [3.63, 3.8) is 0 Å². The number of hydrogen-bond donors (Lipinski definition) is 0. The van der Waals surface area contributed by atoms with Crippen molar-refractivity contribution >= 4 is 10.0 Å². The summed E-state index contributed by atoms with van der Waals surface area (Å²) in [6.07, 6.45) is 1.50. The van der Waals surface area contributed by atoms with Crippen molar-refractivity contribution in [1.82, 2.24) is 14.4 Å². The molecule has 4 rings (SSSR count). The highest BCUT2D eigenvalue weighted by molar-refractivity contribution is 7.89. The van der Waals surface area contributed by atoms with Crippen LogP contribution in [0.1, 0.15) is 50.0 Å². The second-order valence-corrected chi connectivity index (χ2v) is 10.4. The second kappa shape index (κ2) is 9.52. The van der Waals surface area contributed by atoms with Gasteiger partial charge in [0.05, 0.1) is 25.0 Å². The van der Waals surface area contributed by atoms with Crippen LogP contribution >= 0.6 is 0 Å². The quantitative estimate of drug-likeness (QED) is 0.502. The molecule has 1 saturated heterocycles. The van der Waals surface area contributed by atoms with Gasteiger partial charge in [-0.05, 0) is 48.6 Å². The summed E-state index contributed by atoms with van der Waals surface area (Å²) < 4.78 is 44.2. The van der Waals surface area contributed by atoms with E-state index in [0.717, 1.165) is 18.4 Å². The van der Waals surface area contributed by atoms with Crippen LogP contribution in [-0.4, -0.2) is 50.2 Å². The molecular formula is C24H29N3O5S. The minimum atomic E-state index is -3.60. The standard InChI is InChI=1S/C24H29N3O5S/c1-16(2)17-7-9-22(10-8-17)33(28,29)27-11-5-6-18(15-27)24-25-23(26-32-24)19-12-20(30-3)14-21(13-19)31-4/h7-10,12-14,16,18H,5-6,11,15H2,1-4H3. The molecule has 2 heterocycles. The number of aromatic nitrogens is 2. The normalized spacial score (nSPS) is 17.3. The molecule has 0 N–H and O–H groups in total. The van der Waals surface area contributed by atoms with Crippen molar-refractivity contribution < 1.29 is 22.4 Å². The van der Waals surface area contributed by atoms with Gasteiger partial charge in [-0.25, -0.2) is 8.42 Å². The number of piperidine rings is 1. The Morgan fingerprint density at radius 3 is 2.33 bits per heavy atom. The van der Waals surface area contributed by atoms with Crippen LogP contribution in [0.15, 0.2) is 51.9 Å². The zero-order chi connectivity index (χ0) is 23.6. The Bertz CT molecular complexity index is 1180. The first-order valence-electron chi connectivity index (χ1n) is 11.0. The van der Waals surface area contributed by atoms with Crippen molar-refractivity contribution in [2.45, 2.75) is 43.4 Å². The Balaban J connectivity index is 1.54. The molecule has 1 fully saturated rings. The molecule has 1 unspecified atom stereocenters. The van der Waals surface area contributed by atoms with Crippen LogP contribution < -0.4 is 9.47 Å². The maximum Gasteiger partial charge on any atom is 0.243 e. The fraction of sp³-hybridized carbons (Fsp3) is 0.417. The zero-order valence-corrected chi connectivity index (χ0v) is 20.1. The molecule has 3 aromatic rings. The van der Waals surface area contributed by atoms with Gasteiger partial charge in [0.25, 0.3) is 0 Å². The van der Waals surface area contributed by atoms with Crippen LogP contribution in [0.25, 0.3) is 11.4 Å². The van der Waals surface area contributed by atoms with Crippen molar-refractivity contribution in [2.75, 3.05) is 27.3 Å². The number of methoxy groups -OCH3 is 2. The monoisotopic (exact) mass is 471 g/mol. The predicted octanol–water partition coefficient (Wildman–Crippen LogP) is 4.45. The molecule has 1 aliphatic rings. The van der Waals surface area contributed by atoms with Gasteiger partial charge in [0.1, 0.15) is 11.5 Å². The van der Waals surface area contributed by atoms with Gasteiger partial charge in [0, 0.05) is 24.7 Å². The topological polar surface area (TPSA) is 94.8 Å². The third kappa shape index (κ3) is 4.89. The van der Waals surface area contributed by atoms with Gasteiger partial charge in [0.2, 0.25) is 21.7 Å². The molecule has 0 amide bonds. The second-order valence-electron chi connectivity index (χ2n) is 8.48. The molecule has 0 radical (unpaired) electrons. The van der Waals surface area contributed by atoms with E-state index >= 15 is 0 Å². The lowest BCUT2D eigenvalue weighted by molar-refractivity contribution is 0.265. The van der Waals surface area contributed by atoms with Gasteiger partial charge in [-0.2, -0.15) is 9.29 Å². The van der Waals surface area contributed by atoms with E-state index in [9.17, 15) is 8.42 Å². The van der Waals surface area contributed by atoms with E-state index in [2.05, 4.69) is 24.0 Å². The van der Waals surface area contributed by atoms with Gasteiger partial charge >= 0.3 is 0 Å². The molecule has 0 aliphatic carbocycles. The molecule has 33 heavy (non-hydrogen) atoms. The Kier molecular flexibility index (Phi) is 6.71. The first-order chi connectivity index (χ1) is 15.8. The number of ether oxygens (including phenoxy) is 2. The lowest BCUT2D eigenvalue weighted by Gasteiger charge is -2.30. The van der Waals surface area contributed by atoms with E-state index in [1.54, 1.807) is 44.6 Å². The zero-order valence-electron chi connectivity index (χ0n) is 19.3. The molecule has 1 aliphatic heterocycles. The van der Waals surface area contributed by atoms with E-state index in [1.165, 1.54) is 4.31 Å². The van der Waals surface area contributed by atoms with Gasteiger partial charge in [-0.1, -0.05) is 31.1 Å². The fourth-order valence-corrected chi connectivity index (χ4v) is 5.51. The van der Waals surface area contributed by atoms with Crippen molar-refractivity contribution in [3.05, 3.63) is 53.9 Å². The van der Waals surface area contributed by atoms with E-state index in [4.69, 9.17) is 14.0 Å². The highest BCUT2D eigenvalue weighted by atomic mass is 32.2. The van der Waals surface area contributed by atoms with Crippen LogP contribution in [0, 0.1) is 0 Å². The van der Waals surface area contributed by atoms with Crippen molar-refractivity contribution in [3.8, 4) is 22.9 Å². The highest BCUT2D eigenvalue weighted by Gasteiger charge is 2.33. The molecule has 8 nitrogen and oxygen atoms in total. The maximum atomic E-state index is 13.2. The minimum Gasteiger partial charge on any atom is -0.497 e. The smallest absolute Gasteiger partial charge is 0.243 e. The molecule has 0 spiro atoms. The van der Waals surface area contributed by atoms with Crippen LogP contribution in [0.3, 0.4) is 0 Å². The third-order valence-electron chi connectivity index (χ3n) is 5.97. The summed E-state index contributed by atoms with van der Waals surface area (Å²) >= 11 is 0. The van der Waals surface area contributed by atoms with Crippen LogP contribution in [0.4, 0.5) is 0 Å². The summed E-state index contributed by atoms with van der Waals surface area (Å²) in [5, 5.41) is 4.12. The molecule has 2 aromatic carbocycles. The Morgan fingerprint density at radius 2 is 1.73 bits per heavy atom. The molecule has 1 atom stereocenters.